The first-order chi connectivity index (χ1) is 17.9. The van der Waals surface area contributed by atoms with Crippen molar-refractivity contribution in [2.45, 2.75) is 36.7 Å². The van der Waals surface area contributed by atoms with Crippen LogP contribution in [0.25, 0.3) is 11.2 Å². The van der Waals surface area contributed by atoms with Crippen molar-refractivity contribution < 1.29 is 40.8 Å². The Morgan fingerprint density at radius 3 is 2.84 bits per heavy atom. The number of ether oxygens (including phenoxy) is 1. The molecule has 2 aliphatic rings. The first-order valence-corrected chi connectivity index (χ1v) is 12.4. The minimum atomic E-state index is -4.72. The molecule has 3 heterocycles. The highest BCUT2D eigenvalue weighted by Gasteiger charge is 2.65. The van der Waals surface area contributed by atoms with Crippen LogP contribution < -0.4 is 10.5 Å². The molecule has 4 N–H and O–H groups in total. The van der Waals surface area contributed by atoms with Gasteiger partial charge in [0.05, 0.1) is 19.0 Å². The highest BCUT2D eigenvalue weighted by molar-refractivity contribution is 7.85. The molecule has 38 heavy (non-hydrogen) atoms. The number of imidazole rings is 1. The molecule has 2 aromatic heterocycles. The summed E-state index contributed by atoms with van der Waals surface area (Å²) < 4.78 is 67.0. The Hall–Kier alpha value is -4.04. The predicted octanol–water partition coefficient (Wildman–Crippen LogP) is 0.187. The summed E-state index contributed by atoms with van der Waals surface area (Å²) in [5.41, 5.74) is 2.31. The number of aliphatic hydroxyl groups is 1. The van der Waals surface area contributed by atoms with E-state index in [0.717, 1.165) is 12.1 Å². The lowest BCUT2D eigenvalue weighted by molar-refractivity contribution is -0.116. The van der Waals surface area contributed by atoms with Gasteiger partial charge < -0.3 is 15.6 Å². The Balaban J connectivity index is 1.21. The highest BCUT2D eigenvalue weighted by Crippen LogP contribution is 2.47. The molecule has 1 saturated heterocycles. The minimum absolute atomic E-state index is 0.191. The van der Waals surface area contributed by atoms with Gasteiger partial charge in [-0.1, -0.05) is 24.3 Å². The summed E-state index contributed by atoms with van der Waals surface area (Å²) in [7, 11) is -4.72. The van der Waals surface area contributed by atoms with Crippen LogP contribution in [0.2, 0.25) is 0 Å². The fourth-order valence-corrected chi connectivity index (χ4v) is 4.89. The second kappa shape index (κ2) is 9.06. The first kappa shape index (κ1) is 25.6. The number of fused-ring (bicyclic) bond motifs is 2. The number of carbonyl (C=O) groups is 2. The Labute approximate surface area is 213 Å². The largest absolute Gasteiger partial charge is 0.382 e. The molecule has 3 aromatic rings. The number of alkyl halides is 2. The van der Waals surface area contributed by atoms with Crippen molar-refractivity contribution in [3.05, 3.63) is 48.0 Å². The summed E-state index contributed by atoms with van der Waals surface area (Å²) in [6, 6.07) is 4.76. The van der Waals surface area contributed by atoms with E-state index in [9.17, 15) is 31.9 Å². The molecule has 0 saturated carbocycles. The molecule has 0 radical (unpaired) electrons. The van der Waals surface area contributed by atoms with Crippen molar-refractivity contribution in [1.29, 1.82) is 0 Å². The topological polar surface area (TPSA) is 189 Å². The van der Waals surface area contributed by atoms with E-state index < -0.39 is 63.6 Å². The van der Waals surface area contributed by atoms with Crippen LogP contribution in [-0.4, -0.2) is 63.4 Å². The molecule has 1 fully saturated rings. The van der Waals surface area contributed by atoms with Gasteiger partial charge >= 0.3 is 22.1 Å². The van der Waals surface area contributed by atoms with Crippen LogP contribution in [0.5, 0.6) is 0 Å². The molecule has 5 rings (SSSR count). The number of carbonyl (C=O) groups excluding carboxylic acids is 2. The van der Waals surface area contributed by atoms with Crippen molar-refractivity contribution in [2.75, 3.05) is 12.3 Å². The van der Waals surface area contributed by atoms with Gasteiger partial charge in [0, 0.05) is 11.1 Å². The van der Waals surface area contributed by atoms with E-state index in [0.29, 0.717) is 24.0 Å². The van der Waals surface area contributed by atoms with Crippen LogP contribution in [-0.2, 0) is 29.6 Å². The second-order valence-electron chi connectivity index (χ2n) is 8.45. The number of nitrogens with two attached hydrogens (primary N) is 1. The number of halogens is 2. The number of amides is 1. The maximum atomic E-state index is 14.5. The van der Waals surface area contributed by atoms with Crippen LogP contribution in [0.4, 0.5) is 14.6 Å². The molecule has 3 atom stereocenters. The average Bonchev–Trinajstić information content (AvgIpc) is 3.56. The summed E-state index contributed by atoms with van der Waals surface area (Å²) in [6.45, 7) is -0.472. The first-order valence-electron chi connectivity index (χ1n) is 11.0. The number of nitrogen functional groups attached to an aromatic ring is 1. The maximum absolute atomic E-state index is 14.5. The van der Waals surface area contributed by atoms with Crippen LogP contribution in [0.1, 0.15) is 35.0 Å². The van der Waals surface area contributed by atoms with E-state index in [1.165, 1.54) is 29.5 Å². The summed E-state index contributed by atoms with van der Waals surface area (Å²) in [5, 5.41) is 10.5. The Morgan fingerprint density at radius 2 is 2.05 bits per heavy atom. The molecule has 16 heteroatoms. The van der Waals surface area contributed by atoms with Crippen molar-refractivity contribution in [3.63, 3.8) is 0 Å². The SMILES string of the molecule is Nc1ncnc2c1ncn2C1CCC(COS(=O)(=O)NC(=O)C#CC2(O)c3ccccc3C(=O)C2(F)F)O1. The average molecular weight is 548 g/mol. The number of anilines is 1. The van der Waals surface area contributed by atoms with E-state index in [4.69, 9.17) is 14.7 Å². The Bertz CT molecular complexity index is 1630. The number of ketones is 1. The number of nitrogens with zero attached hydrogens (tertiary/aromatic N) is 4. The van der Waals surface area contributed by atoms with E-state index in [-0.39, 0.29) is 5.82 Å². The normalized spacial score (nSPS) is 24.1. The Morgan fingerprint density at radius 1 is 1.29 bits per heavy atom. The van der Waals surface area contributed by atoms with Crippen molar-refractivity contribution >= 4 is 39.0 Å². The van der Waals surface area contributed by atoms with Crippen LogP contribution in [0, 0.1) is 11.8 Å². The zero-order valence-electron chi connectivity index (χ0n) is 19.2. The number of aromatic nitrogens is 4. The standard InChI is InChI=1S/C22H18F2N6O7S/c23-22(24)18(32)13-3-1-2-4-14(13)21(22,33)8-7-15(31)29-38(34,35)36-9-12-5-6-16(37-12)30-11-28-17-19(25)26-10-27-20(17)30/h1-4,10-12,16,33H,5-6,9H2,(H,29,31)(H2,25,26,27). The summed E-state index contributed by atoms with van der Waals surface area (Å²) in [5.74, 6) is -4.14. The van der Waals surface area contributed by atoms with Gasteiger partial charge in [0.25, 0.3) is 0 Å². The quantitative estimate of drug-likeness (QED) is 0.369. The molecule has 1 aromatic carbocycles. The molecule has 3 unspecified atom stereocenters. The molecular weight excluding hydrogens is 530 g/mol. The molecule has 13 nitrogen and oxygen atoms in total. The summed E-state index contributed by atoms with van der Waals surface area (Å²) >= 11 is 0. The fourth-order valence-electron chi connectivity index (χ4n) is 4.22. The zero-order chi connectivity index (χ0) is 27.3. The monoisotopic (exact) mass is 548 g/mol. The molecular formula is C22H18F2N6O7S. The van der Waals surface area contributed by atoms with Crippen LogP contribution in [0.15, 0.2) is 36.9 Å². The third-order valence-electron chi connectivity index (χ3n) is 6.07. The van der Waals surface area contributed by atoms with Gasteiger partial charge in [-0.05, 0) is 24.7 Å². The number of benzene rings is 1. The molecule has 1 amide bonds. The summed E-state index contributed by atoms with van der Waals surface area (Å²) in [4.78, 5) is 36.2. The molecule has 0 spiro atoms. The van der Waals surface area contributed by atoms with Gasteiger partial charge in [-0.25, -0.2) is 19.7 Å². The van der Waals surface area contributed by atoms with Gasteiger partial charge in [-0.2, -0.15) is 17.2 Å². The number of nitrogens with one attached hydrogen (secondary N) is 1. The maximum Gasteiger partial charge on any atom is 0.363 e. The molecule has 198 valence electrons. The van der Waals surface area contributed by atoms with Gasteiger partial charge in [0.1, 0.15) is 18.1 Å². The van der Waals surface area contributed by atoms with E-state index in [1.54, 1.807) is 16.4 Å². The van der Waals surface area contributed by atoms with E-state index in [2.05, 4.69) is 15.0 Å². The van der Waals surface area contributed by atoms with E-state index in [1.807, 2.05) is 0 Å². The fraction of sp³-hybridized carbons (Fsp3) is 0.318. The van der Waals surface area contributed by atoms with Crippen LogP contribution >= 0.6 is 0 Å². The van der Waals surface area contributed by atoms with Gasteiger partial charge in [-0.3, -0.25) is 18.3 Å². The number of hydrogen-bond acceptors (Lipinski definition) is 11. The lowest BCUT2D eigenvalue weighted by Gasteiger charge is -2.23. The van der Waals surface area contributed by atoms with Gasteiger partial charge in [-0.15, -0.1) is 0 Å². The van der Waals surface area contributed by atoms with Gasteiger partial charge in [0.2, 0.25) is 11.4 Å². The number of rotatable bonds is 5. The number of Topliss-reactive ketones (excluding diaryl/α,β-unsaturated/α-hetero) is 1. The molecule has 0 bridgehead atoms. The number of hydrogen-bond donors (Lipinski definition) is 3. The van der Waals surface area contributed by atoms with Crippen molar-refractivity contribution in [3.8, 4) is 11.8 Å². The second-order valence-corrected chi connectivity index (χ2v) is 9.80. The zero-order valence-corrected chi connectivity index (χ0v) is 20.0. The third-order valence-corrected chi connectivity index (χ3v) is 6.95. The molecule has 1 aliphatic carbocycles. The lowest BCUT2D eigenvalue weighted by atomic mass is 9.94. The smallest absolute Gasteiger partial charge is 0.363 e. The lowest BCUT2D eigenvalue weighted by Crippen LogP contribution is -2.44. The minimum Gasteiger partial charge on any atom is -0.382 e. The predicted molar refractivity (Wildman–Crippen MR) is 123 cm³/mol. The Kier molecular flexibility index (Phi) is 6.10. The van der Waals surface area contributed by atoms with Crippen LogP contribution in [0.3, 0.4) is 0 Å². The third kappa shape index (κ3) is 4.24. The highest BCUT2D eigenvalue weighted by atomic mass is 32.2. The molecule has 1 aliphatic heterocycles. The van der Waals surface area contributed by atoms with E-state index >= 15 is 0 Å². The van der Waals surface area contributed by atoms with Crippen molar-refractivity contribution in [1.82, 2.24) is 24.2 Å². The van der Waals surface area contributed by atoms with Gasteiger partial charge in [0.15, 0.2) is 11.5 Å². The summed E-state index contributed by atoms with van der Waals surface area (Å²) in [6.07, 6.45) is 2.37. The van der Waals surface area contributed by atoms with Crippen molar-refractivity contribution in [2.24, 2.45) is 0 Å².